The fraction of sp³-hybridized carbons (Fsp3) is 0.652. The molecule has 37 heavy (non-hydrogen) atoms. The fourth-order valence-electron chi connectivity index (χ4n) is 4.39. The van der Waals surface area contributed by atoms with Crippen LogP contribution in [0.25, 0.3) is 11.2 Å². The Labute approximate surface area is 214 Å². The van der Waals surface area contributed by atoms with E-state index in [1.54, 1.807) is 38.3 Å². The Hall–Kier alpha value is -2.41. The molecule has 4 rings (SSSR count). The van der Waals surface area contributed by atoms with Crippen LogP contribution >= 0.6 is 7.60 Å². The van der Waals surface area contributed by atoms with Gasteiger partial charge in [-0.25, -0.2) is 4.98 Å². The van der Waals surface area contributed by atoms with Gasteiger partial charge in [0.2, 0.25) is 11.9 Å². The molecule has 2 aliphatic rings. The number of imidazole rings is 1. The maximum atomic E-state index is 12.9. The van der Waals surface area contributed by atoms with E-state index in [2.05, 4.69) is 20.3 Å². The molecule has 2 aromatic heterocycles. The van der Waals surface area contributed by atoms with Crippen molar-refractivity contribution in [1.29, 1.82) is 0 Å². The van der Waals surface area contributed by atoms with Gasteiger partial charge >= 0.3 is 7.60 Å². The summed E-state index contributed by atoms with van der Waals surface area (Å²) < 4.78 is 43.7. The number of rotatable bonds is 10. The van der Waals surface area contributed by atoms with Crippen molar-refractivity contribution in [2.45, 2.75) is 78.3 Å². The molecule has 4 atom stereocenters. The summed E-state index contributed by atoms with van der Waals surface area (Å²) in [6.45, 7) is 11.3. The van der Waals surface area contributed by atoms with E-state index in [0.717, 1.165) is 0 Å². The molecule has 0 saturated carbocycles. The number of carbonyl (C=O) groups excluding carboxylic acids is 1. The average Bonchev–Trinajstić information content (AvgIpc) is 3.43. The van der Waals surface area contributed by atoms with E-state index in [-0.39, 0.29) is 48.6 Å². The monoisotopic (exact) mass is 539 g/mol. The first-order chi connectivity index (χ1) is 17.4. The quantitative estimate of drug-likeness (QED) is 0.430. The van der Waals surface area contributed by atoms with Crippen molar-refractivity contribution >= 4 is 30.6 Å². The second-order valence-corrected chi connectivity index (χ2v) is 11.6. The highest BCUT2D eigenvalue weighted by Crippen LogP contribution is 2.51. The van der Waals surface area contributed by atoms with Gasteiger partial charge in [-0.05, 0) is 39.7 Å². The normalized spacial score (nSPS) is 25.4. The molecule has 2 fully saturated rings. The molecule has 1 amide bonds. The van der Waals surface area contributed by atoms with Crippen molar-refractivity contribution < 1.29 is 32.6 Å². The maximum Gasteiger partial charge on any atom is 0.353 e. The minimum absolute atomic E-state index is 0.00850. The third-order valence-corrected chi connectivity index (χ3v) is 7.47. The summed E-state index contributed by atoms with van der Waals surface area (Å²) in [6, 6.07) is 0. The molecular weight excluding hydrogens is 505 g/mol. The lowest BCUT2D eigenvalue weighted by Gasteiger charge is -2.24. The van der Waals surface area contributed by atoms with Crippen LogP contribution in [0.4, 0.5) is 5.95 Å². The number of carbonyl (C=O) groups is 1. The Morgan fingerprint density at radius 1 is 1.27 bits per heavy atom. The number of ether oxygens (including phenoxy) is 3. The predicted octanol–water partition coefficient (Wildman–Crippen LogP) is 3.30. The molecule has 13 nitrogen and oxygen atoms in total. The lowest BCUT2D eigenvalue weighted by atomic mass is 10.1. The summed E-state index contributed by atoms with van der Waals surface area (Å²) in [4.78, 5) is 36.1. The molecule has 2 N–H and O–H groups in total. The molecule has 0 aliphatic carbocycles. The van der Waals surface area contributed by atoms with Gasteiger partial charge in [0, 0.05) is 12.2 Å². The number of hydrogen-bond acceptors (Lipinski definition) is 10. The van der Waals surface area contributed by atoms with Crippen molar-refractivity contribution in [2.24, 2.45) is 5.92 Å². The van der Waals surface area contributed by atoms with Crippen molar-refractivity contribution in [2.75, 3.05) is 18.5 Å². The predicted molar refractivity (Wildman–Crippen MR) is 134 cm³/mol. The molecule has 0 bridgehead atoms. The van der Waals surface area contributed by atoms with Gasteiger partial charge in [0.25, 0.3) is 5.56 Å². The second kappa shape index (κ2) is 10.8. The van der Waals surface area contributed by atoms with E-state index >= 15 is 0 Å². The topological polar surface area (TPSA) is 156 Å². The lowest BCUT2D eigenvalue weighted by Crippen LogP contribution is -2.28. The Balaban J connectivity index is 1.67. The minimum Gasteiger partial charge on any atom is -0.345 e. The van der Waals surface area contributed by atoms with Crippen LogP contribution in [0.5, 0.6) is 0 Å². The number of anilines is 1. The number of hydrogen-bond donors (Lipinski definition) is 2. The Morgan fingerprint density at radius 2 is 1.95 bits per heavy atom. The summed E-state index contributed by atoms with van der Waals surface area (Å²) in [5.74, 6) is 0.334. The van der Waals surface area contributed by atoms with E-state index in [0.29, 0.717) is 0 Å². The van der Waals surface area contributed by atoms with Crippen LogP contribution in [0.15, 0.2) is 23.0 Å². The van der Waals surface area contributed by atoms with Crippen LogP contribution in [-0.4, -0.2) is 62.7 Å². The molecule has 0 radical (unpaired) electrons. The van der Waals surface area contributed by atoms with Gasteiger partial charge < -0.3 is 23.3 Å². The van der Waals surface area contributed by atoms with Crippen LogP contribution in [0.3, 0.4) is 0 Å². The van der Waals surface area contributed by atoms with E-state index in [1.165, 1.54) is 12.1 Å². The van der Waals surface area contributed by atoms with Crippen molar-refractivity contribution in [3.63, 3.8) is 0 Å². The summed E-state index contributed by atoms with van der Waals surface area (Å²) in [5.41, 5.74) is -0.219. The van der Waals surface area contributed by atoms with E-state index < -0.39 is 43.5 Å². The highest BCUT2D eigenvalue weighted by atomic mass is 31.2. The van der Waals surface area contributed by atoms with Gasteiger partial charge in [-0.1, -0.05) is 13.8 Å². The van der Waals surface area contributed by atoms with Gasteiger partial charge in [0.1, 0.15) is 18.3 Å². The third-order valence-electron chi connectivity index (χ3n) is 5.70. The van der Waals surface area contributed by atoms with E-state index in [4.69, 9.17) is 23.3 Å². The highest BCUT2D eigenvalue weighted by molar-refractivity contribution is 7.57. The van der Waals surface area contributed by atoms with E-state index in [1.807, 2.05) is 13.8 Å². The molecular formula is C23H34N5O8P. The minimum atomic E-state index is -3.47. The van der Waals surface area contributed by atoms with Crippen molar-refractivity contribution in [3.8, 4) is 0 Å². The number of aromatic amines is 1. The fourth-order valence-corrected chi connectivity index (χ4v) is 5.73. The number of H-pyrrole nitrogens is 1. The van der Waals surface area contributed by atoms with Crippen LogP contribution in [-0.2, 0) is 32.6 Å². The summed E-state index contributed by atoms with van der Waals surface area (Å²) in [7, 11) is -3.47. The molecule has 0 aromatic carbocycles. The van der Waals surface area contributed by atoms with Crippen LogP contribution in [0, 0.1) is 5.92 Å². The highest BCUT2D eigenvalue weighted by Gasteiger charge is 2.55. The van der Waals surface area contributed by atoms with Crippen molar-refractivity contribution in [1.82, 2.24) is 19.5 Å². The molecule has 2 aliphatic heterocycles. The number of fused-ring (bicyclic) bond motifs is 2. The largest absolute Gasteiger partial charge is 0.353 e. The van der Waals surface area contributed by atoms with Crippen LogP contribution in [0.1, 0.15) is 54.2 Å². The molecule has 4 heterocycles. The Bertz CT molecular complexity index is 1260. The standard InChI is InChI=1S/C23H34N5O8P/c1-7-32-37(31,33-8-2)10-9-14-17-18(36-23(5,6)35-17)21(34-14)28-12-24-16-19(28)26-22(27-20(16)30)25-15(29)11-13(3)4/h9-10,12-14,17-18,21H,7-8,11H2,1-6H3,(H2,25,26,27,29,30)/b10-9+/t14-,17-,18-,21-/m1/s1. The van der Waals surface area contributed by atoms with Crippen LogP contribution in [0.2, 0.25) is 0 Å². The number of amides is 1. The zero-order valence-corrected chi connectivity index (χ0v) is 22.7. The zero-order chi connectivity index (χ0) is 27.0. The van der Waals surface area contributed by atoms with Gasteiger partial charge in [-0.2, -0.15) is 4.98 Å². The lowest BCUT2D eigenvalue weighted by molar-refractivity contribution is -0.191. The molecule has 14 heteroatoms. The molecule has 2 aromatic rings. The summed E-state index contributed by atoms with van der Waals surface area (Å²) >= 11 is 0. The Kier molecular flexibility index (Phi) is 8.03. The van der Waals surface area contributed by atoms with Crippen molar-refractivity contribution in [3.05, 3.63) is 28.6 Å². The first-order valence-corrected chi connectivity index (χ1v) is 13.9. The second-order valence-electron chi connectivity index (χ2n) is 9.66. The SMILES string of the molecule is CCOP(=O)(/C=C/[C@H]1O[C@@H](n2cnc3c(=O)[nH]c(NC(=O)CC(C)C)nc32)[C@@H]2OC(C)(C)O[C@@H]21)OCC. The van der Waals surface area contributed by atoms with E-state index in [9.17, 15) is 14.2 Å². The molecule has 2 saturated heterocycles. The number of nitrogens with zero attached hydrogens (tertiary/aromatic N) is 3. The summed E-state index contributed by atoms with van der Waals surface area (Å²) in [6.07, 6.45) is 0.691. The van der Waals surface area contributed by atoms with Gasteiger partial charge in [-0.3, -0.25) is 29.0 Å². The Morgan fingerprint density at radius 3 is 2.59 bits per heavy atom. The van der Waals surface area contributed by atoms with Gasteiger partial charge in [0.15, 0.2) is 23.2 Å². The van der Waals surface area contributed by atoms with Gasteiger partial charge in [-0.15, -0.1) is 0 Å². The first-order valence-electron chi connectivity index (χ1n) is 12.3. The number of aromatic nitrogens is 4. The van der Waals surface area contributed by atoms with Crippen LogP contribution < -0.4 is 10.9 Å². The number of nitrogens with one attached hydrogen (secondary N) is 2. The zero-order valence-electron chi connectivity index (χ0n) is 21.8. The maximum absolute atomic E-state index is 12.9. The summed E-state index contributed by atoms with van der Waals surface area (Å²) in [5, 5.41) is 2.63. The third kappa shape index (κ3) is 6.02. The smallest absolute Gasteiger partial charge is 0.345 e. The van der Waals surface area contributed by atoms with Gasteiger partial charge in [0.05, 0.1) is 19.5 Å². The molecule has 0 spiro atoms. The first kappa shape index (κ1) is 27.6. The molecule has 0 unspecified atom stereocenters. The average molecular weight is 540 g/mol. The molecule has 204 valence electrons.